The van der Waals surface area contributed by atoms with Crippen LogP contribution in [-0.2, 0) is 17.9 Å². The zero-order chi connectivity index (χ0) is 17.4. The van der Waals surface area contributed by atoms with Gasteiger partial charge in [-0.1, -0.05) is 25.1 Å². The second kappa shape index (κ2) is 9.45. The number of nitrogens with one attached hydrogen (secondary N) is 1. The van der Waals surface area contributed by atoms with Crippen molar-refractivity contribution in [3.8, 4) is 5.75 Å². The van der Waals surface area contributed by atoms with E-state index in [1.165, 1.54) is 10.4 Å². The van der Waals surface area contributed by atoms with E-state index in [9.17, 15) is 4.79 Å². The number of ether oxygens (including phenoxy) is 1. The maximum absolute atomic E-state index is 11.3. The van der Waals surface area contributed by atoms with E-state index in [4.69, 9.17) is 4.74 Å². The van der Waals surface area contributed by atoms with Crippen molar-refractivity contribution in [3.63, 3.8) is 0 Å². The van der Waals surface area contributed by atoms with E-state index in [2.05, 4.69) is 46.9 Å². The van der Waals surface area contributed by atoms with Gasteiger partial charge in [0.1, 0.15) is 11.9 Å². The molecule has 24 heavy (non-hydrogen) atoms. The zero-order valence-corrected chi connectivity index (χ0v) is 15.4. The third-order valence-electron chi connectivity index (χ3n) is 3.60. The zero-order valence-electron chi connectivity index (χ0n) is 14.6. The SMILES string of the molecule is CCC(=O)NCC(C)Oc1cccc(CN(C)Cc2cccs2)c1. The molecular formula is C19H26N2O2S. The second-order valence-corrected chi connectivity index (χ2v) is 7.02. The molecule has 0 aliphatic heterocycles. The van der Waals surface area contributed by atoms with Crippen molar-refractivity contribution in [1.29, 1.82) is 0 Å². The maximum Gasteiger partial charge on any atom is 0.219 e. The van der Waals surface area contributed by atoms with E-state index < -0.39 is 0 Å². The van der Waals surface area contributed by atoms with Crippen LogP contribution < -0.4 is 10.1 Å². The van der Waals surface area contributed by atoms with Gasteiger partial charge in [0, 0.05) is 24.4 Å². The number of nitrogens with zero attached hydrogens (tertiary/aromatic N) is 1. The minimum Gasteiger partial charge on any atom is -0.489 e. The lowest BCUT2D eigenvalue weighted by atomic mass is 10.2. The lowest BCUT2D eigenvalue weighted by Gasteiger charge is -2.18. The summed E-state index contributed by atoms with van der Waals surface area (Å²) in [6.45, 7) is 6.15. The molecule has 1 atom stereocenters. The summed E-state index contributed by atoms with van der Waals surface area (Å²) in [5.41, 5.74) is 1.22. The van der Waals surface area contributed by atoms with E-state index in [1.807, 2.05) is 26.0 Å². The summed E-state index contributed by atoms with van der Waals surface area (Å²) >= 11 is 1.78. The average molecular weight is 346 g/mol. The minimum atomic E-state index is -0.0559. The summed E-state index contributed by atoms with van der Waals surface area (Å²) in [5, 5.41) is 4.96. The van der Waals surface area contributed by atoms with Gasteiger partial charge >= 0.3 is 0 Å². The summed E-state index contributed by atoms with van der Waals surface area (Å²) < 4.78 is 5.91. The van der Waals surface area contributed by atoms with Gasteiger partial charge in [-0.15, -0.1) is 11.3 Å². The highest BCUT2D eigenvalue weighted by atomic mass is 32.1. The summed E-state index contributed by atoms with van der Waals surface area (Å²) in [7, 11) is 2.12. The smallest absolute Gasteiger partial charge is 0.219 e. The Kier molecular flexibility index (Phi) is 7.28. The van der Waals surface area contributed by atoms with Gasteiger partial charge in [0.25, 0.3) is 0 Å². The number of benzene rings is 1. The molecule has 0 saturated carbocycles. The van der Waals surface area contributed by atoms with Crippen molar-refractivity contribution < 1.29 is 9.53 Å². The molecule has 1 heterocycles. The van der Waals surface area contributed by atoms with E-state index in [0.29, 0.717) is 13.0 Å². The highest BCUT2D eigenvalue weighted by molar-refractivity contribution is 7.09. The van der Waals surface area contributed by atoms with Crippen LogP contribution in [0.4, 0.5) is 0 Å². The summed E-state index contributed by atoms with van der Waals surface area (Å²) in [6, 6.07) is 12.4. The number of carbonyl (C=O) groups is 1. The van der Waals surface area contributed by atoms with Crippen LogP contribution in [0.2, 0.25) is 0 Å². The quantitative estimate of drug-likeness (QED) is 0.753. The molecule has 1 amide bonds. The molecule has 0 saturated heterocycles. The van der Waals surface area contributed by atoms with Gasteiger partial charge in [-0.05, 0) is 43.1 Å². The van der Waals surface area contributed by atoms with Crippen LogP contribution in [-0.4, -0.2) is 30.5 Å². The van der Waals surface area contributed by atoms with E-state index >= 15 is 0 Å². The number of carbonyl (C=O) groups excluding carboxylic acids is 1. The Morgan fingerprint density at radius 2 is 2.12 bits per heavy atom. The fourth-order valence-electron chi connectivity index (χ4n) is 2.41. The van der Waals surface area contributed by atoms with Crippen molar-refractivity contribution in [2.24, 2.45) is 0 Å². The lowest BCUT2D eigenvalue weighted by molar-refractivity contribution is -0.121. The Balaban J connectivity index is 1.85. The summed E-state index contributed by atoms with van der Waals surface area (Å²) in [4.78, 5) is 15.0. The first kappa shape index (κ1) is 18.5. The Morgan fingerprint density at radius 3 is 2.83 bits per heavy atom. The molecule has 0 spiro atoms. The van der Waals surface area contributed by atoms with Crippen LogP contribution >= 0.6 is 11.3 Å². The van der Waals surface area contributed by atoms with Crippen molar-refractivity contribution >= 4 is 17.2 Å². The first-order chi connectivity index (χ1) is 11.6. The first-order valence-electron chi connectivity index (χ1n) is 8.30. The van der Waals surface area contributed by atoms with Gasteiger partial charge < -0.3 is 10.1 Å². The molecular weight excluding hydrogens is 320 g/mol. The highest BCUT2D eigenvalue weighted by Crippen LogP contribution is 2.18. The Hall–Kier alpha value is -1.85. The predicted molar refractivity (Wildman–Crippen MR) is 99.3 cm³/mol. The second-order valence-electron chi connectivity index (χ2n) is 5.99. The van der Waals surface area contributed by atoms with Crippen LogP contribution in [0.25, 0.3) is 0 Å². The van der Waals surface area contributed by atoms with Gasteiger partial charge in [0.15, 0.2) is 0 Å². The van der Waals surface area contributed by atoms with Crippen LogP contribution in [0.3, 0.4) is 0 Å². The van der Waals surface area contributed by atoms with Crippen LogP contribution in [0, 0.1) is 0 Å². The molecule has 1 N–H and O–H groups in total. The molecule has 0 bridgehead atoms. The van der Waals surface area contributed by atoms with Gasteiger partial charge in [-0.3, -0.25) is 9.69 Å². The monoisotopic (exact) mass is 346 g/mol. The predicted octanol–water partition coefficient (Wildman–Crippen LogP) is 3.67. The largest absolute Gasteiger partial charge is 0.489 e. The van der Waals surface area contributed by atoms with Crippen LogP contribution in [0.1, 0.15) is 30.7 Å². The first-order valence-corrected chi connectivity index (χ1v) is 9.18. The molecule has 1 aromatic carbocycles. The van der Waals surface area contributed by atoms with Crippen molar-refractivity contribution in [2.75, 3.05) is 13.6 Å². The van der Waals surface area contributed by atoms with Gasteiger partial charge in [0.2, 0.25) is 5.91 Å². The standard InChI is InChI=1S/C19H26N2O2S/c1-4-19(22)20-12-15(2)23-17-8-5-7-16(11-17)13-21(3)14-18-9-6-10-24-18/h5-11,15H,4,12-14H2,1-3H3,(H,20,22). The fraction of sp³-hybridized carbons (Fsp3) is 0.421. The molecule has 4 nitrogen and oxygen atoms in total. The van der Waals surface area contributed by atoms with Crippen LogP contribution in [0.5, 0.6) is 5.75 Å². The molecule has 0 aliphatic carbocycles. The van der Waals surface area contributed by atoms with E-state index in [-0.39, 0.29) is 12.0 Å². The summed E-state index contributed by atoms with van der Waals surface area (Å²) in [6.07, 6.45) is 0.443. The van der Waals surface area contributed by atoms with Crippen molar-refractivity contribution in [2.45, 2.75) is 39.5 Å². The fourth-order valence-corrected chi connectivity index (χ4v) is 3.19. The molecule has 130 valence electrons. The minimum absolute atomic E-state index is 0.0504. The Bertz CT molecular complexity index is 628. The Morgan fingerprint density at radius 1 is 1.29 bits per heavy atom. The molecule has 5 heteroatoms. The van der Waals surface area contributed by atoms with Crippen molar-refractivity contribution in [3.05, 3.63) is 52.2 Å². The number of hydrogen-bond donors (Lipinski definition) is 1. The molecule has 1 unspecified atom stereocenters. The number of rotatable bonds is 9. The lowest BCUT2D eigenvalue weighted by Crippen LogP contribution is -2.33. The highest BCUT2D eigenvalue weighted by Gasteiger charge is 2.08. The van der Waals surface area contributed by atoms with Crippen molar-refractivity contribution in [1.82, 2.24) is 10.2 Å². The Labute approximate surface area is 148 Å². The van der Waals surface area contributed by atoms with Gasteiger partial charge in [-0.2, -0.15) is 0 Å². The molecule has 0 fully saturated rings. The van der Waals surface area contributed by atoms with Gasteiger partial charge in [-0.25, -0.2) is 0 Å². The normalized spacial score (nSPS) is 12.2. The van der Waals surface area contributed by atoms with E-state index in [0.717, 1.165) is 18.8 Å². The topological polar surface area (TPSA) is 41.6 Å². The molecule has 2 aromatic rings. The van der Waals surface area contributed by atoms with E-state index in [1.54, 1.807) is 11.3 Å². The number of amides is 1. The number of thiophene rings is 1. The third kappa shape index (κ3) is 6.34. The molecule has 0 radical (unpaired) electrons. The summed E-state index contributed by atoms with van der Waals surface area (Å²) in [5.74, 6) is 0.893. The number of hydrogen-bond acceptors (Lipinski definition) is 4. The maximum atomic E-state index is 11.3. The van der Waals surface area contributed by atoms with Crippen LogP contribution in [0.15, 0.2) is 41.8 Å². The van der Waals surface area contributed by atoms with Gasteiger partial charge in [0.05, 0.1) is 6.54 Å². The molecule has 2 rings (SSSR count). The third-order valence-corrected chi connectivity index (χ3v) is 4.46. The molecule has 1 aromatic heterocycles. The average Bonchev–Trinajstić information content (AvgIpc) is 3.05. The molecule has 0 aliphatic rings.